The number of rotatable bonds is 4. The average Bonchev–Trinajstić information content (AvgIpc) is 2.72. The Labute approximate surface area is 113 Å². The summed E-state index contributed by atoms with van der Waals surface area (Å²) in [4.78, 5) is 11.8. The molecule has 2 aromatic rings. The molecular weight excluding hydrogens is 296 g/mol. The Kier molecular flexibility index (Phi) is 4.15. The number of hydrogen-bond acceptors (Lipinski definition) is 3. The summed E-state index contributed by atoms with van der Waals surface area (Å²) in [5.41, 5.74) is 2.26. The number of nitrogens with one attached hydrogen (secondary N) is 1. The minimum absolute atomic E-state index is 0.348. The highest BCUT2D eigenvalue weighted by atomic mass is 79.9. The predicted molar refractivity (Wildman–Crippen MR) is 71.5 cm³/mol. The molecule has 2 rings (SSSR count). The number of esters is 1. The monoisotopic (exact) mass is 308 g/mol. The lowest BCUT2D eigenvalue weighted by atomic mass is 10.1. The van der Waals surface area contributed by atoms with Crippen molar-refractivity contribution in [2.75, 3.05) is 6.61 Å². The van der Waals surface area contributed by atoms with Crippen molar-refractivity contribution < 1.29 is 9.53 Å². The SMILES string of the molecule is CCOC(=O)c1c(Cc2ccccc2)n[nH]c1Br. The maximum Gasteiger partial charge on any atom is 0.342 e. The molecular formula is C13H13BrN2O2. The molecule has 0 radical (unpaired) electrons. The predicted octanol–water partition coefficient (Wildman–Crippen LogP) is 2.94. The molecule has 0 aliphatic rings. The molecule has 0 atom stereocenters. The largest absolute Gasteiger partial charge is 0.462 e. The van der Waals surface area contributed by atoms with Crippen LogP contribution >= 0.6 is 15.9 Å². The van der Waals surface area contributed by atoms with E-state index in [1.54, 1.807) is 6.92 Å². The molecule has 1 aromatic heterocycles. The van der Waals surface area contributed by atoms with Gasteiger partial charge in [0.05, 0.1) is 12.3 Å². The zero-order valence-corrected chi connectivity index (χ0v) is 11.5. The Morgan fingerprint density at radius 2 is 2.11 bits per heavy atom. The highest BCUT2D eigenvalue weighted by molar-refractivity contribution is 9.10. The van der Waals surface area contributed by atoms with Crippen LogP contribution in [0.25, 0.3) is 0 Å². The number of H-pyrrole nitrogens is 1. The van der Waals surface area contributed by atoms with E-state index in [1.807, 2.05) is 30.3 Å². The van der Waals surface area contributed by atoms with E-state index in [9.17, 15) is 4.79 Å². The number of carbonyl (C=O) groups is 1. The van der Waals surface area contributed by atoms with E-state index in [-0.39, 0.29) is 5.97 Å². The number of nitrogens with zero attached hydrogens (tertiary/aromatic N) is 1. The van der Waals surface area contributed by atoms with Crippen molar-refractivity contribution in [2.24, 2.45) is 0 Å². The molecule has 0 saturated carbocycles. The molecule has 4 nitrogen and oxygen atoms in total. The molecule has 0 aliphatic carbocycles. The summed E-state index contributed by atoms with van der Waals surface area (Å²) in [6.45, 7) is 2.13. The molecule has 0 saturated heterocycles. The Morgan fingerprint density at radius 3 is 2.78 bits per heavy atom. The standard InChI is InChI=1S/C13H13BrN2O2/c1-2-18-13(17)11-10(15-16-12(11)14)8-9-6-4-3-5-7-9/h3-7H,2,8H2,1H3,(H,15,16). The first-order chi connectivity index (χ1) is 8.72. The van der Waals surface area contributed by atoms with Gasteiger partial charge in [0.2, 0.25) is 0 Å². The van der Waals surface area contributed by atoms with Crippen LogP contribution in [0.4, 0.5) is 0 Å². The Hall–Kier alpha value is -1.62. The fraction of sp³-hybridized carbons (Fsp3) is 0.231. The molecule has 0 fully saturated rings. The van der Waals surface area contributed by atoms with Crippen molar-refractivity contribution in [2.45, 2.75) is 13.3 Å². The lowest BCUT2D eigenvalue weighted by Gasteiger charge is -2.03. The summed E-state index contributed by atoms with van der Waals surface area (Å²) >= 11 is 3.28. The molecule has 18 heavy (non-hydrogen) atoms. The second-order valence-electron chi connectivity index (χ2n) is 3.74. The lowest BCUT2D eigenvalue weighted by Crippen LogP contribution is -2.07. The van der Waals surface area contributed by atoms with Gasteiger partial charge < -0.3 is 4.74 Å². The number of hydrogen-bond donors (Lipinski definition) is 1. The molecule has 0 amide bonds. The summed E-state index contributed by atoms with van der Waals surface area (Å²) in [7, 11) is 0. The first kappa shape index (κ1) is 12.8. The first-order valence-electron chi connectivity index (χ1n) is 5.66. The van der Waals surface area contributed by atoms with Crippen molar-refractivity contribution in [1.29, 1.82) is 0 Å². The highest BCUT2D eigenvalue weighted by Gasteiger charge is 2.20. The maximum atomic E-state index is 11.8. The van der Waals surface area contributed by atoms with Gasteiger partial charge in [-0.2, -0.15) is 5.10 Å². The van der Waals surface area contributed by atoms with E-state index in [4.69, 9.17) is 4.74 Å². The summed E-state index contributed by atoms with van der Waals surface area (Å²) in [6.07, 6.45) is 0.594. The van der Waals surface area contributed by atoms with E-state index < -0.39 is 0 Å². The van der Waals surface area contributed by atoms with E-state index in [1.165, 1.54) is 0 Å². The van der Waals surface area contributed by atoms with Gasteiger partial charge in [-0.25, -0.2) is 4.79 Å². The van der Waals surface area contributed by atoms with E-state index >= 15 is 0 Å². The summed E-state index contributed by atoms with van der Waals surface area (Å²) < 4.78 is 5.58. The Morgan fingerprint density at radius 1 is 1.39 bits per heavy atom. The molecule has 0 unspecified atom stereocenters. The van der Waals surface area contributed by atoms with Crippen molar-refractivity contribution in [3.05, 3.63) is 51.8 Å². The third-order valence-electron chi connectivity index (χ3n) is 2.49. The quantitative estimate of drug-likeness (QED) is 0.884. The molecule has 1 aromatic carbocycles. The number of aromatic nitrogens is 2. The number of carbonyl (C=O) groups excluding carboxylic acids is 1. The number of benzene rings is 1. The van der Waals surface area contributed by atoms with Gasteiger partial charge in [-0.05, 0) is 28.4 Å². The molecule has 0 spiro atoms. The lowest BCUT2D eigenvalue weighted by molar-refractivity contribution is 0.0524. The number of halogens is 1. The minimum Gasteiger partial charge on any atom is -0.462 e. The molecule has 5 heteroatoms. The molecule has 1 heterocycles. The van der Waals surface area contributed by atoms with Crippen LogP contribution in [0.3, 0.4) is 0 Å². The van der Waals surface area contributed by atoms with Gasteiger partial charge >= 0.3 is 5.97 Å². The fourth-order valence-corrected chi connectivity index (χ4v) is 2.16. The number of ether oxygens (including phenoxy) is 1. The van der Waals surface area contributed by atoms with Crippen molar-refractivity contribution in [3.63, 3.8) is 0 Å². The van der Waals surface area contributed by atoms with Crippen LogP contribution in [-0.4, -0.2) is 22.8 Å². The van der Waals surface area contributed by atoms with Gasteiger partial charge in [-0.3, -0.25) is 5.10 Å². The second kappa shape index (κ2) is 5.82. The fourth-order valence-electron chi connectivity index (χ4n) is 1.68. The second-order valence-corrected chi connectivity index (χ2v) is 4.54. The van der Waals surface area contributed by atoms with Gasteiger partial charge in [0, 0.05) is 6.42 Å². The van der Waals surface area contributed by atoms with Crippen molar-refractivity contribution >= 4 is 21.9 Å². The Bertz CT molecular complexity index is 537. The van der Waals surface area contributed by atoms with Crippen LogP contribution in [0.2, 0.25) is 0 Å². The summed E-state index contributed by atoms with van der Waals surface area (Å²) in [5, 5.41) is 6.90. The smallest absolute Gasteiger partial charge is 0.342 e. The van der Waals surface area contributed by atoms with Crippen molar-refractivity contribution in [3.8, 4) is 0 Å². The normalized spacial score (nSPS) is 10.3. The zero-order valence-electron chi connectivity index (χ0n) is 9.94. The van der Waals surface area contributed by atoms with E-state index in [2.05, 4.69) is 26.1 Å². The zero-order chi connectivity index (χ0) is 13.0. The molecule has 0 aliphatic heterocycles. The third kappa shape index (κ3) is 2.79. The van der Waals surface area contributed by atoms with Gasteiger partial charge in [-0.15, -0.1) is 0 Å². The van der Waals surface area contributed by atoms with Crippen LogP contribution in [0.5, 0.6) is 0 Å². The van der Waals surface area contributed by atoms with Gasteiger partial charge in [-0.1, -0.05) is 30.3 Å². The summed E-state index contributed by atoms with van der Waals surface area (Å²) in [6, 6.07) is 9.87. The number of aromatic amines is 1. The molecule has 94 valence electrons. The minimum atomic E-state index is -0.357. The van der Waals surface area contributed by atoms with E-state index in [0.29, 0.717) is 28.9 Å². The van der Waals surface area contributed by atoms with Crippen LogP contribution in [-0.2, 0) is 11.2 Å². The van der Waals surface area contributed by atoms with E-state index in [0.717, 1.165) is 5.56 Å². The van der Waals surface area contributed by atoms with Gasteiger partial charge in [0.25, 0.3) is 0 Å². The average molecular weight is 309 g/mol. The summed E-state index contributed by atoms with van der Waals surface area (Å²) in [5.74, 6) is -0.357. The van der Waals surface area contributed by atoms with Crippen LogP contribution in [0.1, 0.15) is 28.5 Å². The van der Waals surface area contributed by atoms with Gasteiger partial charge in [0.1, 0.15) is 10.2 Å². The maximum absolute atomic E-state index is 11.8. The van der Waals surface area contributed by atoms with Gasteiger partial charge in [0.15, 0.2) is 0 Å². The molecule has 1 N–H and O–H groups in total. The first-order valence-corrected chi connectivity index (χ1v) is 6.45. The van der Waals surface area contributed by atoms with Crippen molar-refractivity contribution in [1.82, 2.24) is 10.2 Å². The van der Waals surface area contributed by atoms with Crippen LogP contribution < -0.4 is 0 Å². The highest BCUT2D eigenvalue weighted by Crippen LogP contribution is 2.21. The van der Waals surface area contributed by atoms with Crippen LogP contribution in [0.15, 0.2) is 34.9 Å². The Balaban J connectivity index is 2.26. The molecule has 0 bridgehead atoms. The third-order valence-corrected chi connectivity index (χ3v) is 3.06. The van der Waals surface area contributed by atoms with Crippen LogP contribution in [0, 0.1) is 0 Å². The topological polar surface area (TPSA) is 55.0 Å².